The van der Waals surface area contributed by atoms with Crippen molar-refractivity contribution in [3.05, 3.63) is 65.2 Å². The highest BCUT2D eigenvalue weighted by Gasteiger charge is 2.31. The van der Waals surface area contributed by atoms with Gasteiger partial charge in [0.1, 0.15) is 17.3 Å². The molecule has 10 heteroatoms. The number of carboxylic acids is 1. The van der Waals surface area contributed by atoms with Gasteiger partial charge in [-0.2, -0.15) is 0 Å². The Morgan fingerprint density at radius 2 is 1.78 bits per heavy atom. The van der Waals surface area contributed by atoms with Crippen LogP contribution in [0.4, 0.5) is 5.69 Å². The molecule has 2 saturated heterocycles. The number of aromatic nitrogens is 1. The van der Waals surface area contributed by atoms with Crippen molar-refractivity contribution in [1.82, 2.24) is 14.8 Å². The predicted octanol–water partition coefficient (Wildman–Crippen LogP) is 5.14. The molecule has 10 nitrogen and oxygen atoms in total. The zero-order chi connectivity index (χ0) is 31.8. The summed E-state index contributed by atoms with van der Waals surface area (Å²) < 4.78 is 17.5. The Labute approximate surface area is 268 Å². The summed E-state index contributed by atoms with van der Waals surface area (Å²) >= 11 is 0. The van der Waals surface area contributed by atoms with E-state index in [9.17, 15) is 14.7 Å². The van der Waals surface area contributed by atoms with Crippen LogP contribution >= 0.6 is 0 Å². The number of hydrogen-bond donors (Lipinski definition) is 1. The molecule has 4 aromatic rings. The molecular formula is C36H40N4O6. The van der Waals surface area contributed by atoms with Crippen molar-refractivity contribution in [3.63, 3.8) is 0 Å². The number of carbonyl (C=O) groups excluding carboxylic acids is 1. The lowest BCUT2D eigenvalue weighted by Crippen LogP contribution is -2.44. The van der Waals surface area contributed by atoms with E-state index in [2.05, 4.69) is 30.0 Å². The van der Waals surface area contributed by atoms with Gasteiger partial charge in [-0.05, 0) is 73.2 Å². The minimum absolute atomic E-state index is 0.128. The Balaban J connectivity index is 1.18. The Morgan fingerprint density at radius 1 is 1.00 bits per heavy atom. The van der Waals surface area contributed by atoms with Crippen LogP contribution in [0.15, 0.2) is 52.9 Å². The van der Waals surface area contributed by atoms with Crippen molar-refractivity contribution >= 4 is 28.7 Å². The molecular weight excluding hydrogens is 584 g/mol. The largest absolute Gasteiger partial charge is 0.496 e. The van der Waals surface area contributed by atoms with E-state index in [1.165, 1.54) is 5.56 Å². The highest BCUT2D eigenvalue weighted by molar-refractivity contribution is 5.98. The first-order valence-electron chi connectivity index (χ1n) is 16.2. The summed E-state index contributed by atoms with van der Waals surface area (Å²) in [5.41, 5.74) is 8.52. The Bertz CT molecular complexity index is 1780. The molecule has 1 N–H and O–H groups in total. The summed E-state index contributed by atoms with van der Waals surface area (Å²) in [6.45, 7) is 7.28. The number of morpholine rings is 1. The van der Waals surface area contributed by atoms with E-state index in [-0.39, 0.29) is 5.91 Å². The van der Waals surface area contributed by atoms with Gasteiger partial charge < -0.3 is 23.9 Å². The number of rotatable bonds is 8. The Kier molecular flexibility index (Phi) is 8.50. The summed E-state index contributed by atoms with van der Waals surface area (Å²) in [6.07, 6.45) is 3.35. The monoisotopic (exact) mass is 624 g/mol. The van der Waals surface area contributed by atoms with E-state index in [0.29, 0.717) is 62.0 Å². The highest BCUT2D eigenvalue weighted by atomic mass is 16.5. The third kappa shape index (κ3) is 5.77. The van der Waals surface area contributed by atoms with Gasteiger partial charge in [-0.3, -0.25) is 19.4 Å². The fraction of sp³-hybridized carbons (Fsp3) is 0.417. The van der Waals surface area contributed by atoms with Crippen molar-refractivity contribution in [2.45, 2.75) is 45.2 Å². The van der Waals surface area contributed by atoms with Crippen LogP contribution in [0.2, 0.25) is 0 Å². The number of likely N-dealkylation sites (tertiary alicyclic amines) is 1. The van der Waals surface area contributed by atoms with Crippen molar-refractivity contribution in [2.24, 2.45) is 0 Å². The molecule has 3 aromatic carbocycles. The fourth-order valence-electron chi connectivity index (χ4n) is 7.25. The van der Waals surface area contributed by atoms with Crippen molar-refractivity contribution in [1.29, 1.82) is 0 Å². The van der Waals surface area contributed by atoms with E-state index in [4.69, 9.17) is 18.9 Å². The molecule has 0 aliphatic carbocycles. The minimum atomic E-state index is -0.782. The van der Waals surface area contributed by atoms with E-state index in [1.807, 2.05) is 40.1 Å². The number of ether oxygens (including phenoxy) is 2. The molecule has 0 spiro atoms. The predicted molar refractivity (Wildman–Crippen MR) is 175 cm³/mol. The maximum absolute atomic E-state index is 13.3. The summed E-state index contributed by atoms with van der Waals surface area (Å²) in [5, 5.41) is 9.77. The van der Waals surface area contributed by atoms with Crippen LogP contribution in [-0.4, -0.2) is 90.9 Å². The van der Waals surface area contributed by atoms with Crippen LogP contribution in [0.25, 0.3) is 33.7 Å². The second-order valence-electron chi connectivity index (χ2n) is 12.4. The third-order valence-electron chi connectivity index (χ3n) is 9.71. The molecule has 1 aromatic heterocycles. The van der Waals surface area contributed by atoms with E-state index < -0.39 is 12.0 Å². The first-order valence-corrected chi connectivity index (χ1v) is 16.2. The van der Waals surface area contributed by atoms with Gasteiger partial charge in [0.05, 0.1) is 26.9 Å². The third-order valence-corrected chi connectivity index (χ3v) is 9.71. The van der Waals surface area contributed by atoms with E-state index in [1.54, 1.807) is 7.11 Å². The molecule has 3 aliphatic rings. The van der Waals surface area contributed by atoms with Crippen LogP contribution in [0.1, 0.15) is 36.0 Å². The molecule has 1 amide bonds. The lowest BCUT2D eigenvalue weighted by atomic mass is 9.92. The van der Waals surface area contributed by atoms with Crippen LogP contribution in [0, 0.1) is 6.92 Å². The second kappa shape index (κ2) is 12.9. The van der Waals surface area contributed by atoms with Gasteiger partial charge in [0, 0.05) is 49.1 Å². The molecule has 46 heavy (non-hydrogen) atoms. The van der Waals surface area contributed by atoms with Crippen molar-refractivity contribution in [3.8, 4) is 28.3 Å². The topological polar surface area (TPSA) is 109 Å². The number of carbonyl (C=O) groups is 2. The van der Waals surface area contributed by atoms with Gasteiger partial charge in [0.15, 0.2) is 5.58 Å². The van der Waals surface area contributed by atoms with Gasteiger partial charge in [0.25, 0.3) is 0 Å². The number of carboxylic acid groups (broad SMARTS) is 1. The first-order chi connectivity index (χ1) is 22.4. The number of oxazole rings is 1. The maximum Gasteiger partial charge on any atom is 0.320 e. The summed E-state index contributed by atoms with van der Waals surface area (Å²) in [7, 11) is 1.62. The Hall–Kier alpha value is -4.25. The van der Waals surface area contributed by atoms with Crippen molar-refractivity contribution in [2.75, 3.05) is 57.9 Å². The maximum atomic E-state index is 13.3. The molecule has 2 fully saturated rings. The van der Waals surface area contributed by atoms with Crippen LogP contribution in [0.3, 0.4) is 0 Å². The van der Waals surface area contributed by atoms with Gasteiger partial charge in [-0.15, -0.1) is 0 Å². The number of amides is 1. The van der Waals surface area contributed by atoms with Crippen molar-refractivity contribution < 1.29 is 28.6 Å². The molecule has 4 heterocycles. The van der Waals surface area contributed by atoms with Crippen LogP contribution in [0.5, 0.6) is 5.75 Å². The number of fused-ring (bicyclic) bond motifs is 2. The number of hydrogen-bond acceptors (Lipinski definition) is 8. The van der Waals surface area contributed by atoms with Gasteiger partial charge in [-0.25, -0.2) is 4.98 Å². The zero-order valence-corrected chi connectivity index (χ0v) is 26.5. The molecule has 1 unspecified atom stereocenters. The average Bonchev–Trinajstić information content (AvgIpc) is 3.69. The van der Waals surface area contributed by atoms with Gasteiger partial charge in [0.2, 0.25) is 11.8 Å². The number of nitrogens with zero attached hydrogens (tertiary/aromatic N) is 4. The molecule has 7 rings (SSSR count). The van der Waals surface area contributed by atoms with E-state index >= 15 is 0 Å². The van der Waals surface area contributed by atoms with Gasteiger partial charge >= 0.3 is 5.97 Å². The molecule has 3 aliphatic heterocycles. The Morgan fingerprint density at radius 3 is 2.59 bits per heavy atom. The number of aliphatic carboxylic acids is 1. The highest BCUT2D eigenvalue weighted by Crippen LogP contribution is 2.40. The standard InChI is InChI=1S/C36H40N4O6/c1-23-25(27-9-6-11-30-28(27)12-14-40(30)34(41)22-38-15-17-45-18-16-38)7-5-8-26(23)35-37-29-19-24(32(44-2)20-33(29)46-35)21-39-13-4-3-10-31(39)36(42)43/h5-9,11,19-20,31H,3-4,10,12-18,21-22H2,1-2H3,(H,42,43). The summed E-state index contributed by atoms with van der Waals surface area (Å²) in [5.74, 6) is 0.520. The lowest BCUT2D eigenvalue weighted by molar-refractivity contribution is -0.144. The normalized spacial score (nSPS) is 19.0. The fourth-order valence-corrected chi connectivity index (χ4v) is 7.25. The SMILES string of the molecule is COc1cc2oc(-c3cccc(-c4cccc5c4CCN5C(=O)CN4CCOCC4)c3C)nc2cc1CN1CCCCC1C(=O)O. The number of methoxy groups -OCH3 is 1. The number of piperidine rings is 1. The van der Waals surface area contributed by atoms with E-state index in [0.717, 1.165) is 72.4 Å². The molecule has 1 atom stereocenters. The first kappa shape index (κ1) is 30.4. The lowest BCUT2D eigenvalue weighted by Gasteiger charge is -2.33. The summed E-state index contributed by atoms with van der Waals surface area (Å²) in [6, 6.07) is 15.7. The molecule has 0 bridgehead atoms. The van der Waals surface area contributed by atoms with Gasteiger partial charge in [-0.1, -0.05) is 30.7 Å². The zero-order valence-electron chi connectivity index (χ0n) is 26.5. The molecule has 0 saturated carbocycles. The van der Waals surface area contributed by atoms with Crippen LogP contribution < -0.4 is 9.64 Å². The average molecular weight is 625 g/mol. The van der Waals surface area contributed by atoms with Crippen LogP contribution in [-0.2, 0) is 27.3 Å². The number of anilines is 1. The summed E-state index contributed by atoms with van der Waals surface area (Å²) in [4.78, 5) is 36.2. The second-order valence-corrected chi connectivity index (χ2v) is 12.4. The number of benzene rings is 3. The smallest absolute Gasteiger partial charge is 0.320 e. The molecule has 0 radical (unpaired) electrons. The molecule has 240 valence electrons. The minimum Gasteiger partial charge on any atom is -0.496 e. The quantitative estimate of drug-likeness (QED) is 0.285.